The summed E-state index contributed by atoms with van der Waals surface area (Å²) in [5, 5.41) is 13.5. The first-order chi connectivity index (χ1) is 42.3. The molecule has 3 amide bonds. The normalized spacial score (nSPS) is 12.8. The van der Waals surface area contributed by atoms with Gasteiger partial charge < -0.3 is 49.7 Å². The highest BCUT2D eigenvalue weighted by molar-refractivity contribution is 7.55. The number of unbranched alkanes of at least 4 members (excludes halogenated alkanes) is 4. The molecule has 6 aromatic rings. The molecule has 1 saturated heterocycles. The predicted octanol–water partition coefficient (Wildman–Crippen LogP) is 11.3. The Balaban J connectivity index is 0.714. The number of guanidine groups is 1. The third kappa shape index (κ3) is 16.5. The van der Waals surface area contributed by atoms with Crippen LogP contribution in [0.3, 0.4) is 0 Å². The third-order valence-electron chi connectivity index (χ3n) is 15.7. The van der Waals surface area contributed by atoms with Crippen LogP contribution in [0.1, 0.15) is 94.3 Å². The van der Waals surface area contributed by atoms with E-state index in [0.717, 1.165) is 108 Å². The van der Waals surface area contributed by atoms with E-state index in [0.29, 0.717) is 80.3 Å². The highest BCUT2D eigenvalue weighted by Gasteiger charge is 2.41. The lowest BCUT2D eigenvalue weighted by molar-refractivity contribution is -0.132. The van der Waals surface area contributed by atoms with Gasteiger partial charge in [-0.25, -0.2) is 18.9 Å². The van der Waals surface area contributed by atoms with Gasteiger partial charge in [0.2, 0.25) is 11.3 Å². The number of carbonyl (C=O) groups is 3. The van der Waals surface area contributed by atoms with Crippen LogP contribution < -0.4 is 40.7 Å². The van der Waals surface area contributed by atoms with Gasteiger partial charge in [0, 0.05) is 105 Å². The molecule has 1 atom stereocenters. The fourth-order valence-electron chi connectivity index (χ4n) is 11.1. The number of anilines is 1. The highest BCUT2D eigenvalue weighted by atomic mass is 31.2. The van der Waals surface area contributed by atoms with Crippen LogP contribution in [0.4, 0.5) is 16.2 Å². The molecule has 1 fully saturated rings. The molecular weight excluding hydrogens is 1120 g/mol. The summed E-state index contributed by atoms with van der Waals surface area (Å²) < 4.78 is 43.6. The minimum atomic E-state index is -4.20. The second kappa shape index (κ2) is 30.4. The number of amides is 3. The molecular formula is C67H81N11O8P+. The number of aliphatic imine (C=N–C) groups is 1. The van der Waals surface area contributed by atoms with E-state index in [9.17, 15) is 18.9 Å². The Kier molecular flexibility index (Phi) is 21.9. The smallest absolute Gasteiger partial charge is 0.453 e. The number of ether oxygens (including phenoxy) is 1. The zero-order valence-corrected chi connectivity index (χ0v) is 51.3. The number of hydrogen-bond donors (Lipinski definition) is 3. The van der Waals surface area contributed by atoms with Crippen molar-refractivity contribution in [3.8, 4) is 33.9 Å². The quantitative estimate of drug-likeness (QED) is 0.0104. The lowest BCUT2D eigenvalue weighted by Crippen LogP contribution is -2.50. The first-order valence-corrected chi connectivity index (χ1v) is 32.1. The zero-order valence-electron chi connectivity index (χ0n) is 50.4. The molecule has 87 heavy (non-hydrogen) atoms. The number of hydrogen-bond acceptors (Lipinski definition) is 12. The number of alkyl carbamates (subject to hydrolysis) is 1. The molecule has 3 aliphatic rings. The molecule has 9 rings (SSSR count). The molecule has 1 aromatic heterocycles. The van der Waals surface area contributed by atoms with Gasteiger partial charge in [-0.05, 0) is 125 Å². The summed E-state index contributed by atoms with van der Waals surface area (Å²) in [5.74, 6) is 0.191. The first kappa shape index (κ1) is 62.6. The number of piperazine rings is 1. The van der Waals surface area contributed by atoms with Crippen molar-refractivity contribution in [1.82, 2.24) is 34.7 Å². The second-order valence-electron chi connectivity index (χ2n) is 21.5. The summed E-state index contributed by atoms with van der Waals surface area (Å²) in [6.45, 7) is 14.8. The third-order valence-corrected chi connectivity index (χ3v) is 17.7. The Labute approximate surface area is 509 Å². The van der Waals surface area contributed by atoms with Crippen LogP contribution in [-0.2, 0) is 33.5 Å². The average molecular weight is 1200 g/mol. The Morgan fingerprint density at radius 2 is 1.39 bits per heavy atom. The number of para-hydroxylation sites is 2. The van der Waals surface area contributed by atoms with Crippen LogP contribution in [0.25, 0.3) is 33.4 Å². The lowest BCUT2D eigenvalue weighted by atomic mass is 9.90. The minimum Gasteiger partial charge on any atom is -0.456 e. The van der Waals surface area contributed by atoms with E-state index in [2.05, 4.69) is 94.2 Å². The molecule has 20 heteroatoms. The molecule has 2 aliphatic heterocycles. The number of aryl methyl sites for hydroxylation is 2. The van der Waals surface area contributed by atoms with E-state index < -0.39 is 19.5 Å². The van der Waals surface area contributed by atoms with Crippen molar-refractivity contribution in [2.45, 2.75) is 97.8 Å². The number of benzene rings is 6. The standard InChI is InChI=1S/C67H80N11O8P/c1-5-74(6-2)52-35-37-58-60(46-52)84-61-47-53(75(7-3)8-4)36-38-59(61)64(58)56-28-19-20-29-57(56)65(80)77-42-40-76(41-43-77)63(79)30-18-10-9-11-21-39-78-48-51(72-73-78)23-22-44-83-67(81)71-62(45-49-31-33-50(34-32-49)70-66(68)69)87(82,85-54-24-14-12-15-25-54)86-55-26-16-13-17-27-55/h12-17,19-20,24-29,31-38,46-48,62H,5-11,18,21-23,30,39-45H2,1-4H3,(H4-,68,69,70,71,81)/p+1. The summed E-state index contributed by atoms with van der Waals surface area (Å²) in [6, 6.07) is 44.9. The van der Waals surface area contributed by atoms with Gasteiger partial charge in [0.15, 0.2) is 11.7 Å². The summed E-state index contributed by atoms with van der Waals surface area (Å²) in [7, 11) is -4.20. The lowest BCUT2D eigenvalue weighted by Gasteiger charge is -2.35. The Hall–Kier alpha value is -8.96. The van der Waals surface area contributed by atoms with E-state index in [1.165, 1.54) is 0 Å². The number of nitrogens with two attached hydrogens (primary N) is 2. The predicted molar refractivity (Wildman–Crippen MR) is 342 cm³/mol. The number of nitrogens with one attached hydrogen (secondary N) is 1. The van der Waals surface area contributed by atoms with Crippen molar-refractivity contribution < 1.29 is 37.2 Å². The average Bonchev–Trinajstić information content (AvgIpc) is 1.37. The largest absolute Gasteiger partial charge is 0.456 e. The van der Waals surface area contributed by atoms with Crippen molar-refractivity contribution in [1.29, 1.82) is 0 Å². The van der Waals surface area contributed by atoms with Crippen molar-refractivity contribution >= 4 is 53.8 Å². The van der Waals surface area contributed by atoms with Gasteiger partial charge in [-0.15, -0.1) is 5.10 Å². The maximum atomic E-state index is 14.9. The number of carbonyl (C=O) groups excluding carboxylic acids is 3. The molecule has 0 spiro atoms. The van der Waals surface area contributed by atoms with E-state index in [1.807, 2.05) is 57.1 Å². The summed E-state index contributed by atoms with van der Waals surface area (Å²) in [6.07, 6.45) is 7.27. The van der Waals surface area contributed by atoms with Crippen LogP contribution in [0, 0.1) is 0 Å². The Morgan fingerprint density at radius 3 is 2.07 bits per heavy atom. The number of fused-ring (bicyclic) bond motifs is 2. The summed E-state index contributed by atoms with van der Waals surface area (Å²) >= 11 is 0. The van der Waals surface area contributed by atoms with Crippen LogP contribution in [0.5, 0.6) is 11.5 Å². The minimum absolute atomic E-state index is 0.0436. The van der Waals surface area contributed by atoms with Gasteiger partial charge in [0.25, 0.3) is 5.91 Å². The van der Waals surface area contributed by atoms with Crippen molar-refractivity contribution in [3.63, 3.8) is 0 Å². The van der Waals surface area contributed by atoms with Gasteiger partial charge in [-0.3, -0.25) is 14.3 Å². The van der Waals surface area contributed by atoms with Crippen LogP contribution in [-0.4, -0.2) is 113 Å². The number of rotatable bonds is 28. The molecule has 5 aromatic carbocycles. The van der Waals surface area contributed by atoms with E-state index >= 15 is 0 Å². The monoisotopic (exact) mass is 1200 g/mol. The van der Waals surface area contributed by atoms with E-state index in [-0.39, 0.29) is 30.8 Å². The van der Waals surface area contributed by atoms with Gasteiger partial charge in [-0.2, -0.15) is 0 Å². The van der Waals surface area contributed by atoms with Crippen LogP contribution >= 0.6 is 7.60 Å². The molecule has 0 saturated carbocycles. The maximum Gasteiger partial charge on any atom is 0.453 e. The molecule has 0 bridgehead atoms. The molecule has 3 heterocycles. The summed E-state index contributed by atoms with van der Waals surface area (Å²) in [5.41, 5.74) is 18.4. The zero-order chi connectivity index (χ0) is 61.1. The van der Waals surface area contributed by atoms with Crippen molar-refractivity contribution in [3.05, 3.63) is 174 Å². The Bertz CT molecular complexity index is 3640. The SMILES string of the molecule is CCN(CC)c1ccc2c(-c3ccccc3C(=O)N3CCN(C(=O)CCCCCCCn4cc(CCCOC(=O)NC(Cc5ccc(N=C(N)N)cc5)P(=O)(Oc5ccccc5)Oc5ccccc5)nn4)CC3)c3ccc(=[N+](CC)CC)cc-3oc2c1. The molecule has 0 radical (unpaired) electrons. The van der Waals surface area contributed by atoms with Crippen LogP contribution in [0.2, 0.25) is 0 Å². The summed E-state index contributed by atoms with van der Waals surface area (Å²) in [4.78, 5) is 51.7. The van der Waals surface area contributed by atoms with Crippen molar-refractivity contribution in [2.75, 3.05) is 63.9 Å². The molecule has 1 aliphatic carbocycles. The van der Waals surface area contributed by atoms with Crippen molar-refractivity contribution in [2.24, 2.45) is 16.5 Å². The topological polar surface area (TPSA) is 229 Å². The van der Waals surface area contributed by atoms with Gasteiger partial charge in [0.1, 0.15) is 35.9 Å². The van der Waals surface area contributed by atoms with Gasteiger partial charge >= 0.3 is 13.7 Å². The number of nitrogens with zero attached hydrogens (tertiary/aromatic N) is 8. The fourth-order valence-corrected chi connectivity index (χ4v) is 12.9. The molecule has 1 unspecified atom stereocenters. The number of aromatic nitrogens is 3. The fraction of sp³-hybridized carbons (Fsp3) is 0.358. The van der Waals surface area contributed by atoms with Crippen LogP contribution in [0.15, 0.2) is 161 Å². The highest BCUT2D eigenvalue weighted by Crippen LogP contribution is 2.53. The molecule has 456 valence electrons. The molecule has 5 N–H and O–H groups in total. The van der Waals surface area contributed by atoms with Gasteiger partial charge in [-0.1, -0.05) is 91.2 Å². The Morgan fingerprint density at radius 1 is 0.736 bits per heavy atom. The first-order valence-electron chi connectivity index (χ1n) is 30.4. The molecule has 19 nitrogen and oxygen atoms in total. The maximum absolute atomic E-state index is 14.9. The van der Waals surface area contributed by atoms with E-state index in [4.69, 9.17) is 29.7 Å². The second-order valence-corrected chi connectivity index (χ2v) is 23.6. The van der Waals surface area contributed by atoms with E-state index in [1.54, 1.807) is 72.8 Å². The van der Waals surface area contributed by atoms with Gasteiger partial charge in [0.05, 0.1) is 24.1 Å².